The lowest BCUT2D eigenvalue weighted by atomic mass is 9.88. The molecule has 5 heteroatoms. The Morgan fingerprint density at radius 1 is 1.25 bits per heavy atom. The van der Waals surface area contributed by atoms with Gasteiger partial charge in [0.1, 0.15) is 12.1 Å². The van der Waals surface area contributed by atoms with E-state index in [1.807, 2.05) is 39.0 Å². The summed E-state index contributed by atoms with van der Waals surface area (Å²) in [5, 5.41) is 4.22. The Labute approximate surface area is 141 Å². The number of esters is 1. The van der Waals surface area contributed by atoms with Gasteiger partial charge in [-0.05, 0) is 50.8 Å². The lowest BCUT2D eigenvalue weighted by Crippen LogP contribution is -2.26. The Morgan fingerprint density at radius 2 is 2.04 bits per heavy atom. The number of hydrogen-bond acceptors (Lipinski definition) is 4. The number of carbonyl (C=O) groups excluding carboxylic acids is 2. The van der Waals surface area contributed by atoms with E-state index in [0.717, 1.165) is 35.1 Å². The second kappa shape index (κ2) is 6.23. The Kier molecular flexibility index (Phi) is 4.26. The molecule has 0 aliphatic heterocycles. The molecule has 0 unspecified atom stereocenters. The van der Waals surface area contributed by atoms with Gasteiger partial charge in [-0.1, -0.05) is 12.1 Å². The quantitative estimate of drug-likeness (QED) is 0.811. The van der Waals surface area contributed by atoms with Crippen LogP contribution in [0.4, 0.5) is 0 Å². The molecule has 1 aliphatic rings. The Bertz CT molecular complexity index is 784. The molecule has 1 aromatic carbocycles. The van der Waals surface area contributed by atoms with E-state index in [-0.39, 0.29) is 18.3 Å². The van der Waals surface area contributed by atoms with Crippen molar-refractivity contribution >= 4 is 11.8 Å². The smallest absolute Gasteiger partial charge is 0.328 e. The first-order valence-electron chi connectivity index (χ1n) is 8.23. The summed E-state index contributed by atoms with van der Waals surface area (Å²) >= 11 is 0. The van der Waals surface area contributed by atoms with Gasteiger partial charge in [-0.25, -0.2) is 0 Å². The molecule has 3 rings (SSSR count). The molecular weight excluding hydrogens is 304 g/mol. The predicted octanol–water partition coefficient (Wildman–Crippen LogP) is 3.41. The summed E-state index contributed by atoms with van der Waals surface area (Å²) in [6.07, 6.45) is 6.02. The van der Waals surface area contributed by atoms with Crippen molar-refractivity contribution in [2.24, 2.45) is 0 Å². The van der Waals surface area contributed by atoms with E-state index < -0.39 is 5.60 Å². The lowest BCUT2D eigenvalue weighted by Gasteiger charge is -2.19. The number of ether oxygens (including phenoxy) is 1. The van der Waals surface area contributed by atoms with Crippen molar-refractivity contribution in [1.29, 1.82) is 0 Å². The Balaban J connectivity index is 1.77. The number of nitrogens with zero attached hydrogens (tertiary/aromatic N) is 2. The number of ketones is 1. The normalized spacial score (nSPS) is 14.4. The molecule has 0 bridgehead atoms. The zero-order valence-electron chi connectivity index (χ0n) is 14.3. The van der Waals surface area contributed by atoms with E-state index in [2.05, 4.69) is 5.10 Å². The zero-order chi connectivity index (χ0) is 17.3. The number of benzene rings is 1. The average Bonchev–Trinajstić information content (AvgIpc) is 2.93. The molecule has 1 aliphatic carbocycles. The van der Waals surface area contributed by atoms with Crippen LogP contribution in [0.5, 0.6) is 0 Å². The maximum absolute atomic E-state index is 12.1. The molecule has 0 radical (unpaired) electrons. The summed E-state index contributed by atoms with van der Waals surface area (Å²) in [5.74, 6) is -0.114. The minimum Gasteiger partial charge on any atom is -0.459 e. The van der Waals surface area contributed by atoms with Crippen LogP contribution in [0.2, 0.25) is 0 Å². The number of hydrogen-bond donors (Lipinski definition) is 0. The third kappa shape index (κ3) is 3.72. The summed E-state index contributed by atoms with van der Waals surface area (Å²) in [4.78, 5) is 24.0. The van der Waals surface area contributed by atoms with Gasteiger partial charge in [-0.2, -0.15) is 5.10 Å². The van der Waals surface area contributed by atoms with Crippen LogP contribution in [0.25, 0.3) is 11.1 Å². The number of aromatic nitrogens is 2. The van der Waals surface area contributed by atoms with Crippen molar-refractivity contribution < 1.29 is 14.3 Å². The highest BCUT2D eigenvalue weighted by molar-refractivity contribution is 5.99. The molecule has 0 fully saturated rings. The molecule has 0 saturated heterocycles. The molecule has 0 amide bonds. The van der Waals surface area contributed by atoms with Crippen molar-refractivity contribution in [1.82, 2.24) is 9.78 Å². The van der Waals surface area contributed by atoms with Crippen LogP contribution in [0.1, 0.15) is 49.5 Å². The van der Waals surface area contributed by atoms with Crippen LogP contribution >= 0.6 is 0 Å². The SMILES string of the molecule is CC(C)(C)OC(=O)Cn1cc(-c2ccc3c(c2)C(=O)CCC3)cn1. The first-order chi connectivity index (χ1) is 11.3. The summed E-state index contributed by atoms with van der Waals surface area (Å²) in [6, 6.07) is 5.96. The monoisotopic (exact) mass is 326 g/mol. The van der Waals surface area contributed by atoms with Gasteiger partial charge >= 0.3 is 5.97 Å². The molecule has 24 heavy (non-hydrogen) atoms. The standard InChI is InChI=1S/C19H22N2O3/c1-19(2,3)24-18(23)12-21-11-15(10-20-21)14-8-7-13-5-4-6-17(22)16(13)9-14/h7-11H,4-6,12H2,1-3H3. The summed E-state index contributed by atoms with van der Waals surface area (Å²) in [5.41, 5.74) is 3.26. The van der Waals surface area contributed by atoms with E-state index in [0.29, 0.717) is 6.42 Å². The van der Waals surface area contributed by atoms with Crippen LogP contribution in [-0.2, 0) is 22.5 Å². The van der Waals surface area contributed by atoms with Gasteiger partial charge in [0.05, 0.1) is 6.20 Å². The van der Waals surface area contributed by atoms with Gasteiger partial charge in [-0.15, -0.1) is 0 Å². The van der Waals surface area contributed by atoms with Crippen molar-refractivity contribution in [3.63, 3.8) is 0 Å². The molecular formula is C19H22N2O3. The molecule has 0 atom stereocenters. The summed E-state index contributed by atoms with van der Waals surface area (Å²) in [6.45, 7) is 5.58. The molecule has 126 valence electrons. The number of fused-ring (bicyclic) bond motifs is 1. The number of rotatable bonds is 3. The summed E-state index contributed by atoms with van der Waals surface area (Å²) < 4.78 is 6.86. The van der Waals surface area contributed by atoms with Gasteiger partial charge in [0, 0.05) is 23.7 Å². The molecule has 2 aromatic rings. The summed E-state index contributed by atoms with van der Waals surface area (Å²) in [7, 11) is 0. The van der Waals surface area contributed by atoms with Crippen LogP contribution < -0.4 is 0 Å². The highest BCUT2D eigenvalue weighted by atomic mass is 16.6. The topological polar surface area (TPSA) is 61.2 Å². The van der Waals surface area contributed by atoms with E-state index in [9.17, 15) is 9.59 Å². The van der Waals surface area contributed by atoms with E-state index in [4.69, 9.17) is 4.74 Å². The minimum absolute atomic E-state index is 0.0706. The molecule has 0 spiro atoms. The lowest BCUT2D eigenvalue weighted by molar-refractivity contribution is -0.155. The third-order valence-electron chi connectivity index (χ3n) is 3.94. The highest BCUT2D eigenvalue weighted by Gasteiger charge is 2.19. The van der Waals surface area contributed by atoms with E-state index in [1.54, 1.807) is 17.1 Å². The first kappa shape index (κ1) is 16.4. The molecule has 0 N–H and O–H groups in total. The Hall–Kier alpha value is -2.43. The fourth-order valence-corrected chi connectivity index (χ4v) is 2.91. The van der Waals surface area contributed by atoms with E-state index >= 15 is 0 Å². The first-order valence-corrected chi connectivity index (χ1v) is 8.23. The highest BCUT2D eigenvalue weighted by Crippen LogP contribution is 2.27. The minimum atomic E-state index is -0.508. The van der Waals surface area contributed by atoms with Crippen LogP contribution in [0, 0.1) is 0 Å². The third-order valence-corrected chi connectivity index (χ3v) is 3.94. The average molecular weight is 326 g/mol. The van der Waals surface area contributed by atoms with Crippen molar-refractivity contribution in [3.05, 3.63) is 41.7 Å². The Morgan fingerprint density at radius 3 is 2.79 bits per heavy atom. The number of aryl methyl sites for hydroxylation is 1. The van der Waals surface area contributed by atoms with E-state index in [1.165, 1.54) is 0 Å². The van der Waals surface area contributed by atoms with Crippen LogP contribution in [0.15, 0.2) is 30.6 Å². The number of carbonyl (C=O) groups is 2. The van der Waals surface area contributed by atoms with Gasteiger partial charge in [0.25, 0.3) is 0 Å². The fourth-order valence-electron chi connectivity index (χ4n) is 2.91. The van der Waals surface area contributed by atoms with Gasteiger partial charge < -0.3 is 4.74 Å². The molecule has 1 heterocycles. The van der Waals surface area contributed by atoms with Crippen LogP contribution in [-0.4, -0.2) is 27.1 Å². The maximum atomic E-state index is 12.1. The van der Waals surface area contributed by atoms with Crippen molar-refractivity contribution in [2.75, 3.05) is 0 Å². The maximum Gasteiger partial charge on any atom is 0.328 e. The van der Waals surface area contributed by atoms with Gasteiger partial charge in [-0.3, -0.25) is 14.3 Å². The second-order valence-corrected chi connectivity index (χ2v) is 7.16. The largest absolute Gasteiger partial charge is 0.459 e. The number of Topliss-reactive ketones (excluding diaryl/α,β-unsaturated/α-hetero) is 1. The van der Waals surface area contributed by atoms with Gasteiger partial charge in [0.15, 0.2) is 5.78 Å². The predicted molar refractivity (Wildman–Crippen MR) is 90.8 cm³/mol. The van der Waals surface area contributed by atoms with Crippen LogP contribution in [0.3, 0.4) is 0 Å². The second-order valence-electron chi connectivity index (χ2n) is 7.16. The molecule has 0 saturated carbocycles. The zero-order valence-corrected chi connectivity index (χ0v) is 14.3. The molecule has 1 aromatic heterocycles. The van der Waals surface area contributed by atoms with Crippen molar-refractivity contribution in [2.45, 2.75) is 52.2 Å². The molecule has 5 nitrogen and oxygen atoms in total. The van der Waals surface area contributed by atoms with Crippen molar-refractivity contribution in [3.8, 4) is 11.1 Å². The van der Waals surface area contributed by atoms with Gasteiger partial charge in [0.2, 0.25) is 0 Å². The fraction of sp³-hybridized carbons (Fsp3) is 0.421.